The second kappa shape index (κ2) is 7.94. The van der Waals surface area contributed by atoms with E-state index in [1.807, 2.05) is 17.0 Å². The predicted molar refractivity (Wildman–Crippen MR) is 112 cm³/mol. The first-order valence-electron chi connectivity index (χ1n) is 10.5. The molecule has 1 aliphatic heterocycles. The molecule has 1 aromatic carbocycles. The highest BCUT2D eigenvalue weighted by atomic mass is 19.1. The maximum atomic E-state index is 13.9. The minimum Gasteiger partial charge on any atom is -0.330 e. The minimum absolute atomic E-state index is 0.0119. The Labute approximate surface area is 178 Å². The van der Waals surface area contributed by atoms with Crippen LogP contribution in [0.3, 0.4) is 0 Å². The zero-order chi connectivity index (χ0) is 21.4. The van der Waals surface area contributed by atoms with Crippen LogP contribution in [0.25, 0.3) is 5.69 Å². The minimum atomic E-state index is -0.379. The van der Waals surface area contributed by atoms with Gasteiger partial charge < -0.3 is 10.2 Å². The van der Waals surface area contributed by atoms with Gasteiger partial charge in [0, 0.05) is 42.5 Å². The Kier molecular flexibility index (Phi) is 4.97. The van der Waals surface area contributed by atoms with Crippen LogP contribution in [0.4, 0.5) is 10.2 Å². The van der Waals surface area contributed by atoms with Gasteiger partial charge in [0.05, 0.1) is 0 Å². The van der Waals surface area contributed by atoms with Gasteiger partial charge in [-0.15, -0.1) is 5.10 Å². The molecule has 0 radical (unpaired) electrons. The highest BCUT2D eigenvalue weighted by molar-refractivity contribution is 5.96. The van der Waals surface area contributed by atoms with Crippen molar-refractivity contribution < 1.29 is 14.0 Å². The lowest BCUT2D eigenvalue weighted by Gasteiger charge is -2.33. The molecule has 3 aromatic rings. The number of benzene rings is 1. The first kappa shape index (κ1) is 19.4. The van der Waals surface area contributed by atoms with E-state index in [-0.39, 0.29) is 29.6 Å². The number of pyridine rings is 1. The van der Waals surface area contributed by atoms with E-state index in [1.54, 1.807) is 36.7 Å². The van der Waals surface area contributed by atoms with E-state index in [0.29, 0.717) is 36.6 Å². The summed E-state index contributed by atoms with van der Waals surface area (Å²) in [5.41, 5.74) is 1.85. The van der Waals surface area contributed by atoms with Crippen molar-refractivity contribution in [2.24, 2.45) is 5.92 Å². The number of hydrogen-bond acceptors (Lipinski definition) is 4. The fourth-order valence-electron chi connectivity index (χ4n) is 4.49. The second-order valence-corrected chi connectivity index (χ2v) is 8.04. The van der Waals surface area contributed by atoms with Gasteiger partial charge >= 0.3 is 0 Å². The fourth-order valence-corrected chi connectivity index (χ4v) is 4.49. The van der Waals surface area contributed by atoms with Crippen LogP contribution in [0.2, 0.25) is 0 Å². The van der Waals surface area contributed by atoms with Gasteiger partial charge in [-0.25, -0.2) is 9.07 Å². The third-order valence-corrected chi connectivity index (χ3v) is 6.14. The molecule has 158 valence electrons. The summed E-state index contributed by atoms with van der Waals surface area (Å²) in [5.74, 6) is -0.215. The number of carbonyl (C=O) groups excluding carboxylic acids is 2. The van der Waals surface area contributed by atoms with Crippen molar-refractivity contribution in [1.82, 2.24) is 19.7 Å². The van der Waals surface area contributed by atoms with Crippen molar-refractivity contribution >= 4 is 17.6 Å². The summed E-state index contributed by atoms with van der Waals surface area (Å²) >= 11 is 0. The Morgan fingerprint density at radius 3 is 2.65 bits per heavy atom. The van der Waals surface area contributed by atoms with Gasteiger partial charge in [0.2, 0.25) is 5.91 Å². The third kappa shape index (κ3) is 3.69. The fraction of sp³-hybridized carbons (Fsp3) is 0.304. The van der Waals surface area contributed by atoms with Crippen molar-refractivity contribution in [3.8, 4) is 5.69 Å². The number of rotatable bonds is 4. The van der Waals surface area contributed by atoms with E-state index in [1.165, 1.54) is 10.7 Å². The Hall–Kier alpha value is -3.55. The summed E-state index contributed by atoms with van der Waals surface area (Å²) in [6.45, 7) is 0.594. The molecular weight excluding hydrogens is 397 g/mol. The van der Waals surface area contributed by atoms with Crippen LogP contribution in [-0.4, -0.2) is 37.5 Å². The topological polar surface area (TPSA) is 80.1 Å². The SMILES string of the molecule is O=C(Nc1ccn(-c2ccccc2F)n1)C1CCC(N2Cc3cccnc3C2=O)CC1. The molecule has 0 atom stereocenters. The maximum absolute atomic E-state index is 13.9. The molecule has 2 aliphatic rings. The first-order chi connectivity index (χ1) is 15.1. The first-order valence-corrected chi connectivity index (χ1v) is 10.5. The largest absolute Gasteiger partial charge is 0.330 e. The van der Waals surface area contributed by atoms with Crippen molar-refractivity contribution in [3.05, 3.63) is 71.9 Å². The average Bonchev–Trinajstić information content (AvgIpc) is 3.39. The van der Waals surface area contributed by atoms with E-state index >= 15 is 0 Å². The molecule has 31 heavy (non-hydrogen) atoms. The number of hydrogen-bond donors (Lipinski definition) is 1. The van der Waals surface area contributed by atoms with Crippen molar-refractivity contribution in [3.63, 3.8) is 0 Å². The Balaban J connectivity index is 1.18. The lowest BCUT2D eigenvalue weighted by molar-refractivity contribution is -0.121. The van der Waals surface area contributed by atoms with Crippen molar-refractivity contribution in [1.29, 1.82) is 0 Å². The predicted octanol–water partition coefficient (Wildman–Crippen LogP) is 3.56. The van der Waals surface area contributed by atoms with E-state index in [2.05, 4.69) is 15.4 Å². The van der Waals surface area contributed by atoms with E-state index in [4.69, 9.17) is 0 Å². The molecular formula is C23H22FN5O2. The average molecular weight is 419 g/mol. The summed E-state index contributed by atoms with van der Waals surface area (Å²) in [7, 11) is 0. The van der Waals surface area contributed by atoms with Crippen molar-refractivity contribution in [2.75, 3.05) is 5.32 Å². The van der Waals surface area contributed by atoms with Gasteiger partial charge in [0.1, 0.15) is 17.2 Å². The van der Waals surface area contributed by atoms with Crippen LogP contribution in [0.5, 0.6) is 0 Å². The highest BCUT2D eigenvalue weighted by Gasteiger charge is 2.36. The zero-order valence-electron chi connectivity index (χ0n) is 16.9. The Morgan fingerprint density at radius 1 is 1.06 bits per heavy atom. The number of amides is 2. The van der Waals surface area contributed by atoms with Crippen LogP contribution in [0.1, 0.15) is 41.7 Å². The number of nitrogens with one attached hydrogen (secondary N) is 1. The van der Waals surface area contributed by atoms with Crippen molar-refractivity contribution in [2.45, 2.75) is 38.3 Å². The Bertz CT molecular complexity index is 1140. The van der Waals surface area contributed by atoms with Gasteiger partial charge in [0.15, 0.2) is 5.82 Å². The third-order valence-electron chi connectivity index (χ3n) is 6.14. The molecule has 0 bridgehead atoms. The molecule has 1 aliphatic carbocycles. The van der Waals surface area contributed by atoms with Gasteiger partial charge in [-0.1, -0.05) is 18.2 Å². The second-order valence-electron chi connectivity index (χ2n) is 8.04. The quantitative estimate of drug-likeness (QED) is 0.701. The number of para-hydroxylation sites is 1. The van der Waals surface area contributed by atoms with E-state index in [9.17, 15) is 14.0 Å². The highest BCUT2D eigenvalue weighted by Crippen LogP contribution is 2.33. The normalized spacial score (nSPS) is 20.5. The monoisotopic (exact) mass is 419 g/mol. The number of carbonyl (C=O) groups is 2. The molecule has 0 saturated heterocycles. The van der Waals surface area contributed by atoms with Gasteiger partial charge in [-0.3, -0.25) is 14.6 Å². The molecule has 7 nitrogen and oxygen atoms in total. The van der Waals surface area contributed by atoms with Crippen LogP contribution >= 0.6 is 0 Å². The van der Waals surface area contributed by atoms with Gasteiger partial charge in [-0.2, -0.15) is 0 Å². The molecule has 1 N–H and O–H groups in total. The zero-order valence-corrected chi connectivity index (χ0v) is 16.9. The molecule has 1 saturated carbocycles. The molecule has 0 spiro atoms. The summed E-state index contributed by atoms with van der Waals surface area (Å²) in [6.07, 6.45) is 6.24. The van der Waals surface area contributed by atoms with E-state index in [0.717, 1.165) is 18.4 Å². The lowest BCUT2D eigenvalue weighted by atomic mass is 9.85. The number of fused-ring (bicyclic) bond motifs is 1. The summed E-state index contributed by atoms with van der Waals surface area (Å²) in [5, 5.41) is 7.12. The Morgan fingerprint density at radius 2 is 1.87 bits per heavy atom. The number of aromatic nitrogens is 3. The molecule has 1 fully saturated rings. The maximum Gasteiger partial charge on any atom is 0.273 e. The lowest BCUT2D eigenvalue weighted by Crippen LogP contribution is -2.40. The number of anilines is 1. The van der Waals surface area contributed by atoms with Crippen LogP contribution in [0.15, 0.2) is 54.9 Å². The molecule has 8 heteroatoms. The van der Waals surface area contributed by atoms with Crippen LogP contribution < -0.4 is 5.32 Å². The van der Waals surface area contributed by atoms with Crippen LogP contribution in [0, 0.1) is 11.7 Å². The number of halogens is 1. The molecule has 5 rings (SSSR count). The standard InChI is InChI=1S/C23H22FN5O2/c24-18-5-1-2-6-19(18)29-13-11-20(27-29)26-22(30)15-7-9-17(10-8-15)28-14-16-4-3-12-25-21(16)23(28)31/h1-6,11-13,15,17H,7-10,14H2,(H,26,27,30). The molecule has 2 aromatic heterocycles. The summed E-state index contributed by atoms with van der Waals surface area (Å²) in [6, 6.07) is 11.9. The summed E-state index contributed by atoms with van der Waals surface area (Å²) in [4.78, 5) is 31.5. The van der Waals surface area contributed by atoms with Crippen LogP contribution in [-0.2, 0) is 11.3 Å². The van der Waals surface area contributed by atoms with Gasteiger partial charge in [0.25, 0.3) is 5.91 Å². The smallest absolute Gasteiger partial charge is 0.273 e. The molecule has 2 amide bonds. The molecule has 0 unspecified atom stereocenters. The molecule has 3 heterocycles. The van der Waals surface area contributed by atoms with Gasteiger partial charge in [-0.05, 0) is 43.9 Å². The van der Waals surface area contributed by atoms with E-state index < -0.39 is 0 Å². The number of nitrogens with zero attached hydrogens (tertiary/aromatic N) is 4. The summed E-state index contributed by atoms with van der Waals surface area (Å²) < 4.78 is 15.3.